The van der Waals surface area contributed by atoms with Crippen molar-refractivity contribution in [2.24, 2.45) is 5.92 Å². The SMILES string of the molecule is O=C1C2=CC=CC3=C(Sc4ccc5c6c(cccc46)C(=O)c4ccccc4-5)C=C[C@H](c4ccccc41)[C@H]23. The second-order valence-corrected chi connectivity index (χ2v) is 11.0. The summed E-state index contributed by atoms with van der Waals surface area (Å²) < 4.78 is 0. The van der Waals surface area contributed by atoms with Crippen molar-refractivity contribution >= 4 is 34.1 Å². The van der Waals surface area contributed by atoms with Gasteiger partial charge in [0.15, 0.2) is 11.6 Å². The molecule has 4 aliphatic rings. The van der Waals surface area contributed by atoms with Crippen LogP contribution in [0.2, 0.25) is 0 Å². The molecule has 8 rings (SSSR count). The molecule has 0 fully saturated rings. The largest absolute Gasteiger partial charge is 0.289 e. The van der Waals surface area contributed by atoms with Crippen molar-refractivity contribution in [2.45, 2.75) is 10.8 Å². The number of rotatable bonds is 2. The summed E-state index contributed by atoms with van der Waals surface area (Å²) in [7, 11) is 0. The average molecular weight is 493 g/mol. The minimum absolute atomic E-state index is 0.0355. The number of allylic oxidation sites excluding steroid dienone is 7. The number of hydrogen-bond acceptors (Lipinski definition) is 3. The molecule has 0 N–H and O–H groups in total. The van der Waals surface area contributed by atoms with Crippen molar-refractivity contribution in [1.29, 1.82) is 0 Å². The third-order valence-corrected chi connectivity index (χ3v) is 9.24. The Balaban J connectivity index is 1.28. The standard InChI is InChI=1S/C34H20O2S/c35-33-23-9-3-1-7-19(23)21-15-17-29(25-11-5-13-27(33)31(21)25)37-30-18-16-22-20-8-2-4-10-24(20)34(36)28-14-6-12-26(30)32(22)28/h1-18,21,31H/t21-,31+/m1/s1. The Labute approximate surface area is 218 Å². The smallest absolute Gasteiger partial charge is 0.194 e. The minimum Gasteiger partial charge on any atom is -0.289 e. The predicted molar refractivity (Wildman–Crippen MR) is 149 cm³/mol. The van der Waals surface area contributed by atoms with Crippen LogP contribution in [0.5, 0.6) is 0 Å². The molecule has 174 valence electrons. The van der Waals surface area contributed by atoms with E-state index in [-0.39, 0.29) is 23.4 Å². The quantitative estimate of drug-likeness (QED) is 0.250. The molecule has 0 unspecified atom stereocenters. The molecule has 4 aromatic carbocycles. The Kier molecular flexibility index (Phi) is 4.32. The molecule has 0 bridgehead atoms. The third kappa shape index (κ3) is 2.83. The Hall–Kier alpha value is -4.21. The van der Waals surface area contributed by atoms with E-state index in [1.54, 1.807) is 11.8 Å². The number of ketones is 2. The van der Waals surface area contributed by atoms with Crippen LogP contribution in [0.25, 0.3) is 21.9 Å². The minimum atomic E-state index is 0.0355. The summed E-state index contributed by atoms with van der Waals surface area (Å²) in [6.45, 7) is 0. The van der Waals surface area contributed by atoms with Crippen molar-refractivity contribution in [3.05, 3.63) is 148 Å². The van der Waals surface area contributed by atoms with Crippen molar-refractivity contribution in [3.8, 4) is 11.1 Å². The fourth-order valence-corrected chi connectivity index (χ4v) is 7.57. The van der Waals surface area contributed by atoms with E-state index in [9.17, 15) is 9.59 Å². The molecule has 0 amide bonds. The molecule has 0 spiro atoms. The lowest BCUT2D eigenvalue weighted by Gasteiger charge is -2.38. The van der Waals surface area contributed by atoms with Gasteiger partial charge in [-0.2, -0.15) is 0 Å². The predicted octanol–water partition coefficient (Wildman–Crippen LogP) is 8.06. The van der Waals surface area contributed by atoms with Gasteiger partial charge in [0.05, 0.1) is 0 Å². The number of carbonyl (C=O) groups excluding carboxylic acids is 2. The lowest BCUT2D eigenvalue weighted by molar-refractivity contribution is 0.101. The molecule has 3 heteroatoms. The van der Waals surface area contributed by atoms with Crippen LogP contribution in [0.3, 0.4) is 0 Å². The van der Waals surface area contributed by atoms with Gasteiger partial charge in [-0.05, 0) is 33.7 Å². The lowest BCUT2D eigenvalue weighted by Crippen LogP contribution is -2.31. The number of benzene rings is 4. The second kappa shape index (κ2) is 7.64. The molecule has 0 heterocycles. The zero-order valence-corrected chi connectivity index (χ0v) is 20.6. The summed E-state index contributed by atoms with van der Waals surface area (Å²) in [5, 5.41) is 2.12. The van der Waals surface area contributed by atoms with Gasteiger partial charge in [0, 0.05) is 49.3 Å². The Morgan fingerprint density at radius 3 is 2.32 bits per heavy atom. The topological polar surface area (TPSA) is 34.1 Å². The summed E-state index contributed by atoms with van der Waals surface area (Å²) in [5.41, 5.74) is 7.65. The Morgan fingerprint density at radius 1 is 0.649 bits per heavy atom. The van der Waals surface area contributed by atoms with Gasteiger partial charge >= 0.3 is 0 Å². The van der Waals surface area contributed by atoms with Gasteiger partial charge in [0.25, 0.3) is 0 Å². The van der Waals surface area contributed by atoms with Crippen molar-refractivity contribution in [3.63, 3.8) is 0 Å². The number of thioether (sulfide) groups is 1. The highest BCUT2D eigenvalue weighted by molar-refractivity contribution is 8.03. The molecule has 0 saturated carbocycles. The molecule has 0 radical (unpaired) electrons. The van der Waals surface area contributed by atoms with Gasteiger partial charge in [-0.3, -0.25) is 9.59 Å². The van der Waals surface area contributed by atoms with E-state index in [1.165, 1.54) is 5.57 Å². The van der Waals surface area contributed by atoms with E-state index >= 15 is 0 Å². The van der Waals surface area contributed by atoms with E-state index in [2.05, 4.69) is 42.5 Å². The second-order valence-electron chi connectivity index (χ2n) is 9.90. The Morgan fingerprint density at radius 2 is 1.43 bits per heavy atom. The first-order valence-corrected chi connectivity index (χ1v) is 13.3. The molecule has 0 aliphatic heterocycles. The average Bonchev–Trinajstić information content (AvgIpc) is 2.95. The van der Waals surface area contributed by atoms with E-state index in [1.807, 2.05) is 66.7 Å². The van der Waals surface area contributed by atoms with Gasteiger partial charge in [-0.15, -0.1) is 0 Å². The fourth-order valence-electron chi connectivity index (χ4n) is 6.46. The first kappa shape index (κ1) is 20.9. The molecular formula is C34H20O2S. The molecule has 0 aromatic heterocycles. The zero-order valence-electron chi connectivity index (χ0n) is 19.8. The molecule has 37 heavy (non-hydrogen) atoms. The molecule has 2 atom stereocenters. The number of fused-ring (bicyclic) bond motifs is 4. The van der Waals surface area contributed by atoms with Crippen LogP contribution in [0, 0.1) is 5.92 Å². The summed E-state index contributed by atoms with van der Waals surface area (Å²) in [4.78, 5) is 29.0. The van der Waals surface area contributed by atoms with Crippen LogP contribution in [0.4, 0.5) is 0 Å². The first-order valence-electron chi connectivity index (χ1n) is 12.5. The summed E-state index contributed by atoms with van der Waals surface area (Å²) >= 11 is 1.73. The van der Waals surface area contributed by atoms with E-state index in [4.69, 9.17) is 0 Å². The zero-order chi connectivity index (χ0) is 24.7. The maximum absolute atomic E-state index is 13.4. The summed E-state index contributed by atoms with van der Waals surface area (Å²) in [6.07, 6.45) is 10.7. The monoisotopic (exact) mass is 492 g/mol. The van der Waals surface area contributed by atoms with Gasteiger partial charge in [-0.25, -0.2) is 0 Å². The Bertz CT molecular complexity index is 1850. The summed E-state index contributed by atoms with van der Waals surface area (Å²) in [5.74, 6) is 0.419. The van der Waals surface area contributed by atoms with E-state index in [0.717, 1.165) is 59.5 Å². The van der Waals surface area contributed by atoms with Crippen LogP contribution in [0.15, 0.2) is 130 Å². The number of hydrogen-bond donors (Lipinski definition) is 0. The van der Waals surface area contributed by atoms with Crippen LogP contribution in [-0.2, 0) is 0 Å². The molecule has 2 nitrogen and oxygen atoms in total. The van der Waals surface area contributed by atoms with Crippen molar-refractivity contribution in [1.82, 2.24) is 0 Å². The maximum atomic E-state index is 13.4. The van der Waals surface area contributed by atoms with Gasteiger partial charge in [-0.1, -0.05) is 115 Å². The van der Waals surface area contributed by atoms with E-state index < -0.39 is 0 Å². The highest BCUT2D eigenvalue weighted by atomic mass is 32.2. The van der Waals surface area contributed by atoms with E-state index in [0.29, 0.717) is 0 Å². The normalized spacial score (nSPS) is 20.5. The van der Waals surface area contributed by atoms with Crippen LogP contribution < -0.4 is 0 Å². The third-order valence-electron chi connectivity index (χ3n) is 8.07. The lowest BCUT2D eigenvalue weighted by atomic mass is 9.65. The van der Waals surface area contributed by atoms with Gasteiger partial charge in [0.1, 0.15) is 0 Å². The van der Waals surface area contributed by atoms with Crippen molar-refractivity contribution in [2.75, 3.05) is 0 Å². The maximum Gasteiger partial charge on any atom is 0.194 e. The van der Waals surface area contributed by atoms with Crippen LogP contribution in [0.1, 0.15) is 37.8 Å². The molecule has 4 aliphatic carbocycles. The number of carbonyl (C=O) groups is 2. The van der Waals surface area contributed by atoms with Gasteiger partial charge in [0.2, 0.25) is 0 Å². The van der Waals surface area contributed by atoms with Crippen molar-refractivity contribution < 1.29 is 9.59 Å². The highest BCUT2D eigenvalue weighted by Crippen LogP contribution is 2.52. The van der Waals surface area contributed by atoms with Crippen LogP contribution >= 0.6 is 11.8 Å². The first-order chi connectivity index (χ1) is 18.2. The highest BCUT2D eigenvalue weighted by Gasteiger charge is 2.41. The fraction of sp³-hybridized carbons (Fsp3) is 0.0588. The van der Waals surface area contributed by atoms with Gasteiger partial charge < -0.3 is 0 Å². The molecule has 0 saturated heterocycles. The summed E-state index contributed by atoms with van der Waals surface area (Å²) in [6, 6.07) is 26.3. The molecular weight excluding hydrogens is 472 g/mol. The number of Topliss-reactive ketones (excluding diaryl/α,β-unsaturated/α-hetero) is 1. The molecule has 4 aromatic rings. The van der Waals surface area contributed by atoms with Crippen LogP contribution in [-0.4, -0.2) is 11.6 Å².